The molecule has 0 heterocycles. The number of quaternary nitrogens is 1. The first-order valence-electron chi connectivity index (χ1n) is 9.12. The molecular weight excluding hydrogens is 344 g/mol. The van der Waals surface area contributed by atoms with E-state index in [1.165, 1.54) is 16.5 Å². The zero-order valence-electron chi connectivity index (χ0n) is 15.6. The van der Waals surface area contributed by atoms with Crippen molar-refractivity contribution in [1.29, 1.82) is 0 Å². The third kappa shape index (κ3) is 5.27. The van der Waals surface area contributed by atoms with E-state index in [-0.39, 0.29) is 17.2 Å². The Balaban J connectivity index is 1.63. The van der Waals surface area contributed by atoms with Crippen LogP contribution in [-0.4, -0.2) is 31.0 Å². The van der Waals surface area contributed by atoms with E-state index in [2.05, 4.69) is 36.9 Å². The van der Waals surface area contributed by atoms with Crippen molar-refractivity contribution < 1.29 is 14.6 Å². The van der Waals surface area contributed by atoms with E-state index in [9.17, 15) is 14.9 Å². The summed E-state index contributed by atoms with van der Waals surface area (Å²) in [4.78, 5) is 24.6. The Morgan fingerprint density at radius 2 is 1.81 bits per heavy atom. The summed E-state index contributed by atoms with van der Waals surface area (Å²) < 4.78 is 0. The van der Waals surface area contributed by atoms with E-state index < -0.39 is 4.92 Å². The lowest BCUT2D eigenvalue weighted by Gasteiger charge is -2.10. The molecule has 1 aliphatic carbocycles. The summed E-state index contributed by atoms with van der Waals surface area (Å²) in [6, 6.07) is 13.0. The van der Waals surface area contributed by atoms with Crippen molar-refractivity contribution in [2.45, 2.75) is 32.0 Å². The maximum Gasteiger partial charge on any atom is 0.293 e. The van der Waals surface area contributed by atoms with Crippen LogP contribution in [0.4, 0.5) is 11.4 Å². The number of rotatable bonds is 8. The summed E-state index contributed by atoms with van der Waals surface area (Å²) in [5.41, 5.74) is 2.92. The number of anilines is 1. The lowest BCUT2D eigenvalue weighted by molar-refractivity contribution is -0.872. The lowest BCUT2D eigenvalue weighted by Crippen LogP contribution is -3.04. The van der Waals surface area contributed by atoms with Gasteiger partial charge in [-0.2, -0.15) is 0 Å². The van der Waals surface area contributed by atoms with Gasteiger partial charge in [0.05, 0.1) is 19.0 Å². The number of nitro benzene ring substituents is 1. The maximum absolute atomic E-state index is 12.4. The van der Waals surface area contributed by atoms with E-state index >= 15 is 0 Å². The molecule has 0 spiro atoms. The third-order valence-corrected chi connectivity index (χ3v) is 4.43. The molecule has 27 heavy (non-hydrogen) atoms. The fraction of sp³-hybridized carbons (Fsp3) is 0.350. The van der Waals surface area contributed by atoms with Crippen LogP contribution in [0.2, 0.25) is 0 Å². The zero-order chi connectivity index (χ0) is 19.4. The van der Waals surface area contributed by atoms with E-state index in [1.807, 2.05) is 12.1 Å². The van der Waals surface area contributed by atoms with Crippen LogP contribution in [0.25, 0.3) is 0 Å². The van der Waals surface area contributed by atoms with Crippen LogP contribution in [0.5, 0.6) is 0 Å². The molecular formula is C20H25N4O3+. The number of hydrogen-bond donors (Lipinski definition) is 3. The lowest BCUT2D eigenvalue weighted by atomic mass is 10.1. The Bertz CT molecular complexity index is 830. The molecule has 0 aliphatic heterocycles. The highest BCUT2D eigenvalue weighted by atomic mass is 16.6. The number of amides is 1. The summed E-state index contributed by atoms with van der Waals surface area (Å²) in [6.07, 6.45) is 2.04. The quantitative estimate of drug-likeness (QED) is 0.489. The zero-order valence-corrected chi connectivity index (χ0v) is 15.6. The van der Waals surface area contributed by atoms with Gasteiger partial charge in [-0.05, 0) is 30.5 Å². The molecule has 0 bridgehead atoms. The number of carbonyl (C=O) groups excluding carboxylic acids is 1. The molecule has 2 aromatic carbocycles. The number of nitrogens with zero attached hydrogens (tertiary/aromatic N) is 1. The summed E-state index contributed by atoms with van der Waals surface area (Å²) in [5, 5.41) is 17.3. The van der Waals surface area contributed by atoms with Gasteiger partial charge in [0.1, 0.15) is 12.2 Å². The Kier molecular flexibility index (Phi) is 5.71. The van der Waals surface area contributed by atoms with Crippen molar-refractivity contribution in [3.05, 3.63) is 69.3 Å². The van der Waals surface area contributed by atoms with Crippen LogP contribution < -0.4 is 15.5 Å². The van der Waals surface area contributed by atoms with Crippen molar-refractivity contribution in [3.63, 3.8) is 0 Å². The van der Waals surface area contributed by atoms with Gasteiger partial charge in [0.25, 0.3) is 11.6 Å². The van der Waals surface area contributed by atoms with E-state index in [4.69, 9.17) is 0 Å². The van der Waals surface area contributed by atoms with Gasteiger partial charge in [0, 0.05) is 29.8 Å². The van der Waals surface area contributed by atoms with E-state index in [0.717, 1.165) is 24.9 Å². The van der Waals surface area contributed by atoms with Crippen LogP contribution in [-0.2, 0) is 13.1 Å². The van der Waals surface area contributed by atoms with Crippen LogP contribution in [0.15, 0.2) is 42.5 Å². The van der Waals surface area contributed by atoms with Gasteiger partial charge in [-0.25, -0.2) is 0 Å². The van der Waals surface area contributed by atoms with Crippen molar-refractivity contribution in [1.82, 2.24) is 5.32 Å². The molecule has 1 saturated carbocycles. The first-order valence-corrected chi connectivity index (χ1v) is 9.12. The minimum Gasteiger partial charge on any atom is -0.377 e. The molecule has 0 atom stereocenters. The molecule has 3 N–H and O–H groups in total. The van der Waals surface area contributed by atoms with Crippen LogP contribution >= 0.6 is 0 Å². The molecule has 1 aliphatic rings. The molecule has 1 fully saturated rings. The molecule has 7 heteroatoms. The fourth-order valence-electron chi connectivity index (χ4n) is 2.86. The highest BCUT2D eigenvalue weighted by Gasteiger charge is 2.25. The molecule has 7 nitrogen and oxygen atoms in total. The SMILES string of the molecule is C[NH+](C)Cc1ccc(CNC(=O)c2ccc(NC3CC3)c([N+](=O)[O-])c2)cc1. The number of hydrogen-bond acceptors (Lipinski definition) is 4. The predicted molar refractivity (Wildman–Crippen MR) is 104 cm³/mol. The summed E-state index contributed by atoms with van der Waals surface area (Å²) in [5.74, 6) is -0.321. The highest BCUT2D eigenvalue weighted by molar-refractivity contribution is 5.95. The third-order valence-electron chi connectivity index (χ3n) is 4.43. The van der Waals surface area contributed by atoms with Crippen LogP contribution in [0.1, 0.15) is 34.3 Å². The second-order valence-electron chi connectivity index (χ2n) is 7.29. The van der Waals surface area contributed by atoms with E-state index in [1.54, 1.807) is 12.1 Å². The Morgan fingerprint density at radius 3 is 2.41 bits per heavy atom. The second kappa shape index (κ2) is 8.18. The highest BCUT2D eigenvalue weighted by Crippen LogP contribution is 2.31. The first kappa shape index (κ1) is 18.8. The Hall–Kier alpha value is -2.93. The fourth-order valence-corrected chi connectivity index (χ4v) is 2.86. The van der Waals surface area contributed by atoms with Gasteiger partial charge in [-0.3, -0.25) is 14.9 Å². The number of nitrogens with one attached hydrogen (secondary N) is 3. The first-order chi connectivity index (χ1) is 12.9. The topological polar surface area (TPSA) is 88.7 Å². The van der Waals surface area contributed by atoms with E-state index in [0.29, 0.717) is 18.3 Å². The number of carbonyl (C=O) groups is 1. The molecule has 0 unspecified atom stereocenters. The minimum atomic E-state index is -0.451. The maximum atomic E-state index is 12.4. The minimum absolute atomic E-state index is 0.0647. The average Bonchev–Trinajstić information content (AvgIpc) is 3.44. The van der Waals surface area contributed by atoms with Gasteiger partial charge in [-0.15, -0.1) is 0 Å². The summed E-state index contributed by atoms with van der Waals surface area (Å²) in [7, 11) is 4.19. The summed E-state index contributed by atoms with van der Waals surface area (Å²) >= 11 is 0. The normalized spacial score (nSPS) is 13.4. The van der Waals surface area contributed by atoms with Gasteiger partial charge in [0.15, 0.2) is 0 Å². The van der Waals surface area contributed by atoms with Crippen molar-refractivity contribution in [2.24, 2.45) is 0 Å². The van der Waals surface area contributed by atoms with Gasteiger partial charge >= 0.3 is 0 Å². The average molecular weight is 369 g/mol. The Labute approximate surface area is 158 Å². The summed E-state index contributed by atoms with van der Waals surface area (Å²) in [6.45, 7) is 1.32. The van der Waals surface area contributed by atoms with Crippen LogP contribution in [0, 0.1) is 10.1 Å². The molecule has 0 radical (unpaired) electrons. The van der Waals surface area contributed by atoms with Gasteiger partial charge < -0.3 is 15.5 Å². The molecule has 2 aromatic rings. The molecule has 142 valence electrons. The number of benzene rings is 2. The van der Waals surface area contributed by atoms with Crippen molar-refractivity contribution in [2.75, 3.05) is 19.4 Å². The standard InChI is InChI=1S/C20H24N4O3/c1-23(2)13-15-5-3-14(4-6-15)12-21-20(25)16-7-10-18(22-17-8-9-17)19(11-16)24(26)27/h3-7,10-11,17,22H,8-9,12-13H2,1-2H3,(H,21,25)/p+1. The molecule has 0 saturated heterocycles. The predicted octanol–water partition coefficient (Wildman–Crippen LogP) is 1.74. The monoisotopic (exact) mass is 369 g/mol. The second-order valence-corrected chi connectivity index (χ2v) is 7.29. The van der Waals surface area contributed by atoms with Gasteiger partial charge in [0.2, 0.25) is 0 Å². The largest absolute Gasteiger partial charge is 0.377 e. The molecule has 1 amide bonds. The van der Waals surface area contributed by atoms with Crippen LogP contribution in [0.3, 0.4) is 0 Å². The smallest absolute Gasteiger partial charge is 0.293 e. The molecule has 3 rings (SSSR count). The van der Waals surface area contributed by atoms with Gasteiger partial charge in [-0.1, -0.05) is 24.3 Å². The molecule has 0 aromatic heterocycles. The Morgan fingerprint density at radius 1 is 1.15 bits per heavy atom. The van der Waals surface area contributed by atoms with Crippen molar-refractivity contribution in [3.8, 4) is 0 Å². The van der Waals surface area contributed by atoms with Crippen molar-refractivity contribution >= 4 is 17.3 Å². The number of nitro groups is 1.